The molecule has 124 valence electrons. The maximum absolute atomic E-state index is 12.8. The Morgan fingerprint density at radius 3 is 2.91 bits per heavy atom. The molecule has 1 amide bonds. The molecule has 5 nitrogen and oxygen atoms in total. The summed E-state index contributed by atoms with van der Waals surface area (Å²) >= 11 is 1.67. The van der Waals surface area contributed by atoms with Gasteiger partial charge in [0, 0.05) is 29.9 Å². The van der Waals surface area contributed by atoms with Crippen LogP contribution in [0.3, 0.4) is 0 Å². The van der Waals surface area contributed by atoms with Crippen molar-refractivity contribution in [2.24, 2.45) is 0 Å². The predicted molar refractivity (Wildman–Crippen MR) is 91.5 cm³/mol. The first-order valence-corrected chi connectivity index (χ1v) is 9.18. The van der Waals surface area contributed by atoms with Crippen LogP contribution in [-0.4, -0.2) is 32.1 Å². The van der Waals surface area contributed by atoms with Crippen molar-refractivity contribution in [3.8, 4) is 0 Å². The smallest absolute Gasteiger partial charge is 0.229 e. The maximum Gasteiger partial charge on any atom is 0.229 e. The van der Waals surface area contributed by atoms with E-state index in [9.17, 15) is 4.79 Å². The number of aromatic nitrogens is 3. The highest BCUT2D eigenvalue weighted by Gasteiger charge is 2.30. The number of amides is 1. The van der Waals surface area contributed by atoms with E-state index in [0.717, 1.165) is 42.2 Å². The number of piperidine rings is 1. The van der Waals surface area contributed by atoms with Crippen molar-refractivity contribution in [3.63, 3.8) is 0 Å². The lowest BCUT2D eigenvalue weighted by molar-refractivity contribution is -0.134. The Balaban J connectivity index is 1.73. The molecule has 0 radical (unpaired) electrons. The summed E-state index contributed by atoms with van der Waals surface area (Å²) in [6.07, 6.45) is 5.58. The topological polar surface area (TPSA) is 51.0 Å². The van der Waals surface area contributed by atoms with E-state index >= 15 is 0 Å². The zero-order valence-corrected chi connectivity index (χ0v) is 14.8. The molecule has 2 aromatic rings. The second kappa shape index (κ2) is 6.83. The van der Waals surface area contributed by atoms with E-state index in [0.29, 0.717) is 12.5 Å². The Bertz CT molecular complexity index is 676. The summed E-state index contributed by atoms with van der Waals surface area (Å²) in [5.74, 6) is 0.163. The standard InChI is InChI=1S/C17H24N4OS/c1-12(2)21-9-7-14(19-21)10-16(22)20-8-5-4-6-15(20)17-18-13(3)11-23-17/h7,9,11-12,15H,4-6,8,10H2,1-3H3/t15-/m1/s1. The minimum atomic E-state index is 0.141. The number of hydrogen-bond acceptors (Lipinski definition) is 4. The van der Waals surface area contributed by atoms with Crippen LogP contribution in [0.15, 0.2) is 17.6 Å². The summed E-state index contributed by atoms with van der Waals surface area (Å²) in [6.45, 7) is 7.01. The average molecular weight is 332 g/mol. The molecule has 0 spiro atoms. The summed E-state index contributed by atoms with van der Waals surface area (Å²) < 4.78 is 1.90. The van der Waals surface area contributed by atoms with Crippen LogP contribution in [0.2, 0.25) is 0 Å². The summed E-state index contributed by atoms with van der Waals surface area (Å²) in [6, 6.07) is 2.41. The van der Waals surface area contributed by atoms with Gasteiger partial charge >= 0.3 is 0 Å². The number of nitrogens with zero attached hydrogens (tertiary/aromatic N) is 4. The first-order chi connectivity index (χ1) is 11.0. The highest BCUT2D eigenvalue weighted by atomic mass is 32.1. The number of likely N-dealkylation sites (tertiary alicyclic amines) is 1. The highest BCUT2D eigenvalue weighted by Crippen LogP contribution is 2.33. The van der Waals surface area contributed by atoms with Gasteiger partial charge in [-0.15, -0.1) is 11.3 Å². The van der Waals surface area contributed by atoms with Gasteiger partial charge in [0.15, 0.2) is 0 Å². The Labute approximate surface area is 141 Å². The van der Waals surface area contributed by atoms with Crippen molar-refractivity contribution in [2.75, 3.05) is 6.54 Å². The van der Waals surface area contributed by atoms with E-state index in [2.05, 4.69) is 29.3 Å². The first kappa shape index (κ1) is 16.2. The molecule has 1 saturated heterocycles. The molecule has 0 aromatic carbocycles. The molecule has 1 aliphatic heterocycles. The molecule has 1 atom stereocenters. The minimum absolute atomic E-state index is 0.141. The summed E-state index contributed by atoms with van der Waals surface area (Å²) in [5.41, 5.74) is 1.89. The fourth-order valence-corrected chi connectivity index (χ4v) is 3.97. The number of hydrogen-bond donors (Lipinski definition) is 0. The molecule has 6 heteroatoms. The van der Waals surface area contributed by atoms with E-state index < -0.39 is 0 Å². The van der Waals surface area contributed by atoms with Crippen molar-refractivity contribution in [2.45, 2.75) is 58.5 Å². The van der Waals surface area contributed by atoms with Crippen LogP contribution in [0.1, 0.15) is 61.6 Å². The molecule has 3 rings (SSSR count). The van der Waals surface area contributed by atoms with Crippen molar-refractivity contribution in [1.29, 1.82) is 0 Å². The van der Waals surface area contributed by atoms with Crippen molar-refractivity contribution < 1.29 is 4.79 Å². The Morgan fingerprint density at radius 1 is 1.43 bits per heavy atom. The number of carbonyl (C=O) groups excluding carboxylic acids is 1. The van der Waals surface area contributed by atoms with Gasteiger partial charge in [0.25, 0.3) is 0 Å². The number of rotatable bonds is 4. The minimum Gasteiger partial charge on any atom is -0.333 e. The van der Waals surface area contributed by atoms with Crippen LogP contribution in [-0.2, 0) is 11.2 Å². The van der Waals surface area contributed by atoms with Gasteiger partial charge in [-0.05, 0) is 46.1 Å². The van der Waals surface area contributed by atoms with E-state index in [1.807, 2.05) is 28.8 Å². The van der Waals surface area contributed by atoms with Gasteiger partial charge < -0.3 is 4.90 Å². The third-order valence-electron chi connectivity index (χ3n) is 4.27. The van der Waals surface area contributed by atoms with E-state index in [-0.39, 0.29) is 11.9 Å². The van der Waals surface area contributed by atoms with Gasteiger partial charge in [0.2, 0.25) is 5.91 Å². The molecule has 1 fully saturated rings. The van der Waals surface area contributed by atoms with E-state index in [1.54, 1.807) is 11.3 Å². The quantitative estimate of drug-likeness (QED) is 0.860. The molecule has 0 bridgehead atoms. The lowest BCUT2D eigenvalue weighted by Crippen LogP contribution is -2.39. The van der Waals surface area contributed by atoms with Crippen molar-refractivity contribution in [1.82, 2.24) is 19.7 Å². The molecule has 2 aromatic heterocycles. The van der Waals surface area contributed by atoms with Crippen LogP contribution >= 0.6 is 11.3 Å². The molecule has 23 heavy (non-hydrogen) atoms. The normalized spacial score (nSPS) is 18.6. The predicted octanol–water partition coefficient (Wildman–Crippen LogP) is 3.53. The molecule has 3 heterocycles. The third-order valence-corrected chi connectivity index (χ3v) is 5.33. The maximum atomic E-state index is 12.8. The number of carbonyl (C=O) groups is 1. The SMILES string of the molecule is Cc1csc([C@H]2CCCCN2C(=O)Cc2ccn(C(C)C)n2)n1. The fourth-order valence-electron chi connectivity index (χ4n) is 3.03. The largest absolute Gasteiger partial charge is 0.333 e. The average Bonchev–Trinajstić information content (AvgIpc) is 3.16. The zero-order chi connectivity index (χ0) is 16.4. The van der Waals surface area contributed by atoms with Crippen molar-refractivity contribution >= 4 is 17.2 Å². The van der Waals surface area contributed by atoms with Gasteiger partial charge in [-0.1, -0.05) is 0 Å². The third kappa shape index (κ3) is 3.63. The van der Waals surface area contributed by atoms with E-state index in [4.69, 9.17) is 0 Å². The monoisotopic (exact) mass is 332 g/mol. The lowest BCUT2D eigenvalue weighted by Gasteiger charge is -2.34. The zero-order valence-electron chi connectivity index (χ0n) is 14.0. The number of thiazole rings is 1. The van der Waals surface area contributed by atoms with Gasteiger partial charge in [0.1, 0.15) is 5.01 Å². The molecule has 0 unspecified atom stereocenters. The molecule has 1 aliphatic rings. The molecular formula is C17H24N4OS. The lowest BCUT2D eigenvalue weighted by atomic mass is 10.0. The van der Waals surface area contributed by atoms with Gasteiger partial charge in [-0.25, -0.2) is 4.98 Å². The second-order valence-corrected chi connectivity index (χ2v) is 7.37. The molecule has 0 saturated carbocycles. The van der Waals surface area contributed by atoms with Crippen LogP contribution in [0.25, 0.3) is 0 Å². The first-order valence-electron chi connectivity index (χ1n) is 8.30. The van der Waals surface area contributed by atoms with Crippen LogP contribution < -0.4 is 0 Å². The molecule has 0 aliphatic carbocycles. The van der Waals surface area contributed by atoms with Gasteiger partial charge in [-0.2, -0.15) is 5.10 Å². The highest BCUT2D eigenvalue weighted by molar-refractivity contribution is 7.09. The second-order valence-electron chi connectivity index (χ2n) is 6.48. The van der Waals surface area contributed by atoms with Crippen LogP contribution in [0.5, 0.6) is 0 Å². The Morgan fingerprint density at radius 2 is 2.26 bits per heavy atom. The van der Waals surface area contributed by atoms with Gasteiger partial charge in [0.05, 0.1) is 18.2 Å². The van der Waals surface area contributed by atoms with Crippen LogP contribution in [0.4, 0.5) is 0 Å². The Hall–Kier alpha value is -1.69. The Kier molecular flexibility index (Phi) is 4.80. The fraction of sp³-hybridized carbons (Fsp3) is 0.588. The molecule has 0 N–H and O–H groups in total. The summed E-state index contributed by atoms with van der Waals surface area (Å²) in [4.78, 5) is 19.4. The molecular weight excluding hydrogens is 308 g/mol. The number of aryl methyl sites for hydroxylation is 1. The van der Waals surface area contributed by atoms with Crippen LogP contribution in [0, 0.1) is 6.92 Å². The van der Waals surface area contributed by atoms with E-state index in [1.165, 1.54) is 0 Å². The van der Waals surface area contributed by atoms with Gasteiger partial charge in [-0.3, -0.25) is 9.48 Å². The summed E-state index contributed by atoms with van der Waals surface area (Å²) in [5, 5.41) is 7.64. The van der Waals surface area contributed by atoms with Crippen molar-refractivity contribution in [3.05, 3.63) is 34.0 Å². The summed E-state index contributed by atoms with van der Waals surface area (Å²) in [7, 11) is 0.